The van der Waals surface area contributed by atoms with Crippen molar-refractivity contribution in [2.24, 2.45) is 5.73 Å². The second kappa shape index (κ2) is 4.34. The Labute approximate surface area is 80.1 Å². The number of benzene rings is 1. The van der Waals surface area contributed by atoms with Crippen LogP contribution >= 0.6 is 0 Å². The summed E-state index contributed by atoms with van der Waals surface area (Å²) < 4.78 is 30.7. The number of rotatable bonds is 3. The molecule has 0 aliphatic heterocycles. The molecule has 0 radical (unpaired) electrons. The minimum Gasteiger partial charge on any atom is -0.491 e. The first-order chi connectivity index (χ1) is 6.60. The molecular formula is C9H11F2NO2. The predicted molar refractivity (Wildman–Crippen MR) is 46.9 cm³/mol. The van der Waals surface area contributed by atoms with E-state index in [9.17, 15) is 13.9 Å². The molecule has 0 aliphatic carbocycles. The molecule has 78 valence electrons. The first kappa shape index (κ1) is 10.9. The van der Waals surface area contributed by atoms with Crippen molar-refractivity contribution in [1.82, 2.24) is 0 Å². The van der Waals surface area contributed by atoms with Gasteiger partial charge in [0.15, 0.2) is 17.4 Å². The summed E-state index contributed by atoms with van der Waals surface area (Å²) in [6.45, 7) is -0.0921. The monoisotopic (exact) mass is 203 g/mol. The lowest BCUT2D eigenvalue weighted by atomic mass is 10.1. The second-order valence-electron chi connectivity index (χ2n) is 2.77. The molecule has 1 aromatic rings. The Morgan fingerprint density at radius 2 is 1.93 bits per heavy atom. The molecule has 0 fully saturated rings. The molecule has 0 aromatic heterocycles. The minimum atomic E-state index is -1.06. The zero-order valence-electron chi connectivity index (χ0n) is 7.63. The van der Waals surface area contributed by atoms with Gasteiger partial charge in [-0.05, 0) is 17.7 Å². The lowest BCUT2D eigenvalue weighted by Gasteiger charge is -2.10. The Bertz CT molecular complexity index is 308. The highest BCUT2D eigenvalue weighted by molar-refractivity contribution is 5.32. The lowest BCUT2D eigenvalue weighted by Crippen LogP contribution is -2.12. The molecule has 3 N–H and O–H groups in total. The van der Waals surface area contributed by atoms with Gasteiger partial charge in [0.1, 0.15) is 0 Å². The Hall–Kier alpha value is -1.20. The number of hydrogen-bond donors (Lipinski definition) is 2. The fourth-order valence-corrected chi connectivity index (χ4v) is 1.10. The minimum absolute atomic E-state index is 0.0921. The molecule has 0 heterocycles. The van der Waals surface area contributed by atoms with E-state index in [1.807, 2.05) is 0 Å². The standard InChI is InChI=1S/C9H11F2NO2/c1-14-9-6(10)2-5(3-7(9)11)8(13)4-12/h2-3,8,13H,4,12H2,1H3/t8-/m0/s1. The third-order valence-electron chi connectivity index (χ3n) is 1.83. The summed E-state index contributed by atoms with van der Waals surface area (Å²) in [6.07, 6.45) is -1.06. The number of aliphatic hydroxyl groups is 1. The molecule has 1 rings (SSSR count). The average Bonchev–Trinajstić information content (AvgIpc) is 2.16. The van der Waals surface area contributed by atoms with Crippen LogP contribution in [0.5, 0.6) is 5.75 Å². The molecule has 1 atom stereocenters. The first-order valence-electron chi connectivity index (χ1n) is 4.01. The molecule has 0 bridgehead atoms. The Kier molecular flexibility index (Phi) is 3.38. The van der Waals surface area contributed by atoms with Crippen LogP contribution < -0.4 is 10.5 Å². The molecular weight excluding hydrogens is 192 g/mol. The molecule has 0 amide bonds. The molecule has 0 spiro atoms. The number of nitrogens with two attached hydrogens (primary N) is 1. The topological polar surface area (TPSA) is 55.5 Å². The highest BCUT2D eigenvalue weighted by Crippen LogP contribution is 2.25. The quantitative estimate of drug-likeness (QED) is 0.769. The van der Waals surface area contributed by atoms with E-state index in [1.165, 1.54) is 7.11 Å². The molecule has 0 saturated heterocycles. The van der Waals surface area contributed by atoms with E-state index in [-0.39, 0.29) is 12.1 Å². The van der Waals surface area contributed by atoms with Crippen LogP contribution in [0.2, 0.25) is 0 Å². The van der Waals surface area contributed by atoms with Crippen LogP contribution in [0.25, 0.3) is 0 Å². The van der Waals surface area contributed by atoms with Crippen LogP contribution in [-0.2, 0) is 0 Å². The van der Waals surface area contributed by atoms with Gasteiger partial charge in [0.25, 0.3) is 0 Å². The van der Waals surface area contributed by atoms with Crippen LogP contribution in [0.4, 0.5) is 8.78 Å². The van der Waals surface area contributed by atoms with Gasteiger partial charge in [0, 0.05) is 6.54 Å². The van der Waals surface area contributed by atoms with Crippen molar-refractivity contribution in [2.75, 3.05) is 13.7 Å². The van der Waals surface area contributed by atoms with Crippen LogP contribution in [0, 0.1) is 11.6 Å². The van der Waals surface area contributed by atoms with E-state index >= 15 is 0 Å². The van der Waals surface area contributed by atoms with E-state index in [0.717, 1.165) is 12.1 Å². The number of methoxy groups -OCH3 is 1. The largest absolute Gasteiger partial charge is 0.491 e. The summed E-state index contributed by atoms with van der Waals surface area (Å²) in [5.74, 6) is -2.16. The third-order valence-corrected chi connectivity index (χ3v) is 1.83. The summed E-state index contributed by atoms with van der Waals surface area (Å²) in [5.41, 5.74) is 5.25. The maximum atomic E-state index is 13.1. The van der Waals surface area contributed by atoms with E-state index in [2.05, 4.69) is 4.74 Å². The predicted octanol–water partition coefficient (Wildman–Crippen LogP) is 0.966. The fraction of sp³-hybridized carbons (Fsp3) is 0.333. The molecule has 5 heteroatoms. The van der Waals surface area contributed by atoms with Crippen LogP contribution in [0.1, 0.15) is 11.7 Å². The van der Waals surface area contributed by atoms with Crippen molar-refractivity contribution in [3.05, 3.63) is 29.3 Å². The van der Waals surface area contributed by atoms with Crippen molar-refractivity contribution in [1.29, 1.82) is 0 Å². The van der Waals surface area contributed by atoms with Crippen molar-refractivity contribution >= 4 is 0 Å². The maximum absolute atomic E-state index is 13.1. The molecule has 1 aromatic carbocycles. The summed E-state index contributed by atoms with van der Waals surface area (Å²) in [5, 5.41) is 9.24. The van der Waals surface area contributed by atoms with E-state index in [0.29, 0.717) is 0 Å². The highest BCUT2D eigenvalue weighted by atomic mass is 19.1. The molecule has 3 nitrogen and oxygen atoms in total. The van der Waals surface area contributed by atoms with Gasteiger partial charge < -0.3 is 15.6 Å². The van der Waals surface area contributed by atoms with E-state index in [1.54, 1.807) is 0 Å². The molecule has 0 unspecified atom stereocenters. The van der Waals surface area contributed by atoms with Gasteiger partial charge in [-0.1, -0.05) is 0 Å². The number of hydrogen-bond acceptors (Lipinski definition) is 3. The average molecular weight is 203 g/mol. The van der Waals surface area contributed by atoms with Crippen molar-refractivity contribution < 1.29 is 18.6 Å². The molecule has 14 heavy (non-hydrogen) atoms. The van der Waals surface area contributed by atoms with Gasteiger partial charge in [-0.2, -0.15) is 0 Å². The Morgan fingerprint density at radius 3 is 2.29 bits per heavy atom. The normalized spacial score (nSPS) is 12.6. The second-order valence-corrected chi connectivity index (χ2v) is 2.77. The maximum Gasteiger partial charge on any atom is 0.190 e. The fourth-order valence-electron chi connectivity index (χ4n) is 1.10. The summed E-state index contributed by atoms with van der Waals surface area (Å²) in [6, 6.07) is 2.00. The van der Waals surface area contributed by atoms with Crippen molar-refractivity contribution in [3.8, 4) is 5.75 Å². The van der Waals surface area contributed by atoms with Gasteiger partial charge in [0.2, 0.25) is 0 Å². The van der Waals surface area contributed by atoms with Crippen LogP contribution in [0.3, 0.4) is 0 Å². The van der Waals surface area contributed by atoms with Crippen molar-refractivity contribution in [2.45, 2.75) is 6.10 Å². The van der Waals surface area contributed by atoms with Gasteiger partial charge >= 0.3 is 0 Å². The number of ether oxygens (including phenoxy) is 1. The van der Waals surface area contributed by atoms with Crippen LogP contribution in [-0.4, -0.2) is 18.8 Å². The summed E-state index contributed by atoms with van der Waals surface area (Å²) >= 11 is 0. The Balaban J connectivity index is 3.13. The highest BCUT2D eigenvalue weighted by Gasteiger charge is 2.14. The third kappa shape index (κ3) is 2.00. The van der Waals surface area contributed by atoms with Gasteiger partial charge in [0.05, 0.1) is 13.2 Å². The molecule has 0 saturated carbocycles. The van der Waals surface area contributed by atoms with Gasteiger partial charge in [-0.3, -0.25) is 0 Å². The summed E-state index contributed by atoms with van der Waals surface area (Å²) in [4.78, 5) is 0. The SMILES string of the molecule is COc1c(F)cc([C@@H](O)CN)cc1F. The van der Waals surface area contributed by atoms with Gasteiger partial charge in [-0.15, -0.1) is 0 Å². The number of aliphatic hydroxyl groups excluding tert-OH is 1. The first-order valence-corrected chi connectivity index (χ1v) is 4.01. The lowest BCUT2D eigenvalue weighted by molar-refractivity contribution is 0.185. The zero-order chi connectivity index (χ0) is 10.7. The van der Waals surface area contributed by atoms with E-state index < -0.39 is 23.5 Å². The van der Waals surface area contributed by atoms with Gasteiger partial charge in [-0.25, -0.2) is 8.78 Å². The molecule has 0 aliphatic rings. The summed E-state index contributed by atoms with van der Waals surface area (Å²) in [7, 11) is 1.17. The zero-order valence-corrected chi connectivity index (χ0v) is 7.63. The van der Waals surface area contributed by atoms with E-state index in [4.69, 9.17) is 5.73 Å². The number of halogens is 2. The Morgan fingerprint density at radius 1 is 1.43 bits per heavy atom. The van der Waals surface area contributed by atoms with Crippen molar-refractivity contribution in [3.63, 3.8) is 0 Å². The van der Waals surface area contributed by atoms with Crippen LogP contribution in [0.15, 0.2) is 12.1 Å². The smallest absolute Gasteiger partial charge is 0.190 e.